The molecular formula is C20H20N2O2. The average Bonchev–Trinajstić information content (AvgIpc) is 2.62. The minimum absolute atomic E-state index is 0.0603. The molecule has 0 fully saturated rings. The number of phenolic OH excluding ortho intramolecular Hbond substituents is 1. The number of unbranched alkanes of at least 4 members (excludes halogenated alkanes) is 1. The third-order valence-electron chi connectivity index (χ3n) is 4.01. The van der Waals surface area contributed by atoms with Gasteiger partial charge >= 0.3 is 0 Å². The lowest BCUT2D eigenvalue weighted by Gasteiger charge is -2.08. The zero-order valence-electron chi connectivity index (χ0n) is 13.4. The van der Waals surface area contributed by atoms with Crippen LogP contribution in [0.15, 0.2) is 60.8 Å². The molecule has 0 bridgehead atoms. The highest BCUT2D eigenvalue weighted by Gasteiger charge is 2.13. The molecule has 0 spiro atoms. The Morgan fingerprint density at radius 3 is 2.67 bits per heavy atom. The topological polar surface area (TPSA) is 62.2 Å². The van der Waals surface area contributed by atoms with Gasteiger partial charge < -0.3 is 10.4 Å². The largest absolute Gasteiger partial charge is 0.505 e. The maximum absolute atomic E-state index is 12.2. The number of benzene rings is 2. The van der Waals surface area contributed by atoms with E-state index in [-0.39, 0.29) is 17.2 Å². The van der Waals surface area contributed by atoms with Gasteiger partial charge in [-0.1, -0.05) is 42.5 Å². The molecule has 24 heavy (non-hydrogen) atoms. The van der Waals surface area contributed by atoms with E-state index in [1.54, 1.807) is 24.4 Å². The summed E-state index contributed by atoms with van der Waals surface area (Å²) in [6, 6.07) is 17.4. The van der Waals surface area contributed by atoms with Gasteiger partial charge in [-0.05, 0) is 37.0 Å². The molecule has 1 heterocycles. The van der Waals surface area contributed by atoms with Crippen molar-refractivity contribution in [3.8, 4) is 5.75 Å². The molecule has 4 nitrogen and oxygen atoms in total. The Morgan fingerprint density at radius 2 is 1.83 bits per heavy atom. The van der Waals surface area contributed by atoms with Crippen LogP contribution in [0, 0.1) is 0 Å². The number of phenols is 1. The predicted molar refractivity (Wildman–Crippen MR) is 95.1 cm³/mol. The van der Waals surface area contributed by atoms with Gasteiger partial charge in [-0.2, -0.15) is 0 Å². The summed E-state index contributed by atoms with van der Waals surface area (Å²) in [5.41, 5.74) is 2.03. The third-order valence-corrected chi connectivity index (χ3v) is 4.01. The second kappa shape index (κ2) is 7.59. The maximum atomic E-state index is 12.2. The normalized spacial score (nSPS) is 10.7. The summed E-state index contributed by atoms with van der Waals surface area (Å²) in [6.07, 6.45) is 4.51. The number of nitrogens with zero attached hydrogens (tertiary/aromatic N) is 1. The van der Waals surface area contributed by atoms with Crippen molar-refractivity contribution >= 4 is 16.8 Å². The van der Waals surface area contributed by atoms with Crippen LogP contribution in [-0.2, 0) is 6.42 Å². The smallest absolute Gasteiger partial charge is 0.255 e. The molecule has 3 aromatic rings. The fraction of sp³-hybridized carbons (Fsp3) is 0.200. The van der Waals surface area contributed by atoms with Gasteiger partial charge in [0.15, 0.2) is 5.75 Å². The van der Waals surface area contributed by atoms with Gasteiger partial charge in [-0.25, -0.2) is 0 Å². The van der Waals surface area contributed by atoms with Gasteiger partial charge in [0.05, 0.1) is 5.56 Å². The molecule has 1 aromatic heterocycles. The number of nitrogens with one attached hydrogen (secondary N) is 1. The summed E-state index contributed by atoms with van der Waals surface area (Å²) in [4.78, 5) is 16.4. The van der Waals surface area contributed by atoms with Crippen LogP contribution in [0.5, 0.6) is 5.75 Å². The Kier molecular flexibility index (Phi) is 5.06. The highest BCUT2D eigenvalue weighted by Crippen LogP contribution is 2.26. The van der Waals surface area contributed by atoms with Gasteiger partial charge in [-0.15, -0.1) is 0 Å². The van der Waals surface area contributed by atoms with Gasteiger partial charge in [-0.3, -0.25) is 9.78 Å². The molecule has 0 aliphatic rings. The van der Waals surface area contributed by atoms with Crippen molar-refractivity contribution < 1.29 is 9.90 Å². The maximum Gasteiger partial charge on any atom is 0.255 e. The van der Waals surface area contributed by atoms with Gasteiger partial charge in [0.1, 0.15) is 5.52 Å². The number of amides is 1. The molecule has 2 aromatic carbocycles. The zero-order chi connectivity index (χ0) is 16.8. The summed E-state index contributed by atoms with van der Waals surface area (Å²) >= 11 is 0. The molecule has 4 heteroatoms. The van der Waals surface area contributed by atoms with Gasteiger partial charge in [0.2, 0.25) is 0 Å². The minimum atomic E-state index is -0.264. The van der Waals surface area contributed by atoms with Crippen LogP contribution in [0.25, 0.3) is 10.9 Å². The lowest BCUT2D eigenvalue weighted by molar-refractivity contribution is 0.0950. The summed E-state index contributed by atoms with van der Waals surface area (Å²) in [6.45, 7) is 0.589. The van der Waals surface area contributed by atoms with Crippen LogP contribution in [0.2, 0.25) is 0 Å². The van der Waals surface area contributed by atoms with Crippen molar-refractivity contribution in [2.75, 3.05) is 6.54 Å². The van der Waals surface area contributed by atoms with Crippen molar-refractivity contribution in [2.24, 2.45) is 0 Å². The van der Waals surface area contributed by atoms with Gasteiger partial charge in [0.25, 0.3) is 5.91 Å². The van der Waals surface area contributed by atoms with E-state index < -0.39 is 0 Å². The van der Waals surface area contributed by atoms with Crippen molar-refractivity contribution in [3.63, 3.8) is 0 Å². The molecular weight excluding hydrogens is 300 g/mol. The quantitative estimate of drug-likeness (QED) is 0.681. The number of pyridine rings is 1. The van der Waals surface area contributed by atoms with E-state index >= 15 is 0 Å². The number of hydrogen-bond donors (Lipinski definition) is 2. The number of hydrogen-bond acceptors (Lipinski definition) is 3. The molecule has 0 atom stereocenters. The lowest BCUT2D eigenvalue weighted by Crippen LogP contribution is -2.24. The molecule has 0 aliphatic carbocycles. The number of fused-ring (bicyclic) bond motifs is 1. The zero-order valence-corrected chi connectivity index (χ0v) is 13.4. The molecule has 2 N–H and O–H groups in total. The third kappa shape index (κ3) is 3.71. The van der Waals surface area contributed by atoms with Crippen molar-refractivity contribution in [2.45, 2.75) is 19.3 Å². The number of carbonyl (C=O) groups is 1. The Labute approximate surface area is 141 Å². The molecule has 3 rings (SSSR count). The first kappa shape index (κ1) is 16.0. The lowest BCUT2D eigenvalue weighted by atomic mass is 10.1. The van der Waals surface area contributed by atoms with Crippen LogP contribution < -0.4 is 5.32 Å². The number of aromatic nitrogens is 1. The molecule has 0 saturated heterocycles. The number of aromatic hydroxyl groups is 1. The van der Waals surface area contributed by atoms with E-state index in [0.717, 1.165) is 24.6 Å². The number of carbonyl (C=O) groups excluding carboxylic acids is 1. The first-order valence-corrected chi connectivity index (χ1v) is 8.14. The second-order valence-corrected chi connectivity index (χ2v) is 5.74. The summed E-state index contributed by atoms with van der Waals surface area (Å²) in [5, 5.41) is 13.9. The Bertz CT molecular complexity index is 831. The summed E-state index contributed by atoms with van der Waals surface area (Å²) in [7, 11) is 0. The minimum Gasteiger partial charge on any atom is -0.505 e. The average molecular weight is 320 g/mol. The van der Waals surface area contributed by atoms with E-state index in [0.29, 0.717) is 12.1 Å². The first-order valence-electron chi connectivity index (χ1n) is 8.14. The van der Waals surface area contributed by atoms with Crippen LogP contribution in [0.4, 0.5) is 0 Å². The Hall–Kier alpha value is -2.88. The first-order chi connectivity index (χ1) is 11.8. The number of aryl methyl sites for hydroxylation is 1. The van der Waals surface area contributed by atoms with E-state index in [1.165, 1.54) is 5.56 Å². The van der Waals surface area contributed by atoms with Crippen LogP contribution in [0.3, 0.4) is 0 Å². The molecule has 0 radical (unpaired) electrons. The van der Waals surface area contributed by atoms with Gasteiger partial charge in [0, 0.05) is 18.1 Å². The Balaban J connectivity index is 1.53. The van der Waals surface area contributed by atoms with E-state index in [9.17, 15) is 9.90 Å². The van der Waals surface area contributed by atoms with Crippen LogP contribution in [0.1, 0.15) is 28.8 Å². The standard InChI is InChI=1S/C20H20N2O2/c23-19-17(12-11-16-10-6-14-21-18(16)19)20(24)22-13-5-4-9-15-7-2-1-3-8-15/h1-3,6-8,10-12,14,23H,4-5,9,13H2,(H,22,24). The molecule has 0 aliphatic heterocycles. The van der Waals surface area contributed by atoms with Crippen molar-refractivity contribution in [3.05, 3.63) is 71.9 Å². The fourth-order valence-corrected chi connectivity index (χ4v) is 2.71. The second-order valence-electron chi connectivity index (χ2n) is 5.74. The predicted octanol–water partition coefficient (Wildman–Crippen LogP) is 3.69. The molecule has 122 valence electrons. The highest BCUT2D eigenvalue weighted by atomic mass is 16.3. The summed E-state index contributed by atoms with van der Waals surface area (Å²) in [5.74, 6) is -0.324. The van der Waals surface area contributed by atoms with E-state index in [1.807, 2.05) is 24.3 Å². The number of rotatable bonds is 6. The molecule has 0 unspecified atom stereocenters. The monoisotopic (exact) mass is 320 g/mol. The van der Waals surface area contributed by atoms with Crippen LogP contribution >= 0.6 is 0 Å². The molecule has 0 saturated carbocycles. The highest BCUT2D eigenvalue weighted by molar-refractivity contribution is 6.02. The van der Waals surface area contributed by atoms with Crippen molar-refractivity contribution in [1.29, 1.82) is 0 Å². The van der Waals surface area contributed by atoms with E-state index in [4.69, 9.17) is 0 Å². The fourth-order valence-electron chi connectivity index (χ4n) is 2.71. The van der Waals surface area contributed by atoms with E-state index in [2.05, 4.69) is 22.4 Å². The van der Waals surface area contributed by atoms with Crippen LogP contribution in [-0.4, -0.2) is 22.5 Å². The van der Waals surface area contributed by atoms with Crippen molar-refractivity contribution in [1.82, 2.24) is 10.3 Å². The summed E-state index contributed by atoms with van der Waals surface area (Å²) < 4.78 is 0. The SMILES string of the molecule is O=C(NCCCCc1ccccc1)c1ccc2cccnc2c1O. The Morgan fingerprint density at radius 1 is 1.00 bits per heavy atom. The molecule has 1 amide bonds.